The van der Waals surface area contributed by atoms with Crippen molar-refractivity contribution in [2.75, 3.05) is 7.11 Å². The Kier molecular flexibility index (Phi) is 2.18. The fourth-order valence-corrected chi connectivity index (χ4v) is 0.973. The molecule has 1 heterocycles. The van der Waals surface area contributed by atoms with Crippen LogP contribution in [0.25, 0.3) is 0 Å². The zero-order valence-corrected chi connectivity index (χ0v) is 6.18. The van der Waals surface area contributed by atoms with Gasteiger partial charge in [0.25, 0.3) is 5.19 Å². The number of methoxy groups -OCH3 is 1. The zero-order valence-electron chi connectivity index (χ0n) is 5.37. The third-order valence-corrected chi connectivity index (χ3v) is 1.58. The van der Waals surface area contributed by atoms with Crippen LogP contribution < -0.4 is 4.74 Å². The molecule has 10 heavy (non-hydrogen) atoms. The topological polar surface area (TPSA) is 58.8 Å². The minimum absolute atomic E-state index is 0.250. The van der Waals surface area contributed by atoms with E-state index in [2.05, 4.69) is 9.36 Å². The average molecular weight is 155 g/mol. The van der Waals surface area contributed by atoms with Crippen LogP contribution in [-0.4, -0.2) is 16.5 Å². The molecule has 0 spiro atoms. The Balaban J connectivity index is 2.70. The summed E-state index contributed by atoms with van der Waals surface area (Å²) in [5, 5.41) is 8.74. The summed E-state index contributed by atoms with van der Waals surface area (Å²) in [6.07, 6.45) is 0.250. The number of nitriles is 1. The lowest BCUT2D eigenvalue weighted by Gasteiger charge is -1.84. The van der Waals surface area contributed by atoms with E-state index in [1.165, 1.54) is 7.11 Å². The molecule has 0 saturated heterocycles. The Bertz CT molecular complexity index is 252. The van der Waals surface area contributed by atoms with Crippen molar-refractivity contribution in [2.24, 2.45) is 0 Å². The Labute approximate surface area is 62.3 Å². The molecule has 1 aromatic heterocycles. The van der Waals surface area contributed by atoms with E-state index in [0.29, 0.717) is 11.0 Å². The van der Waals surface area contributed by atoms with Crippen molar-refractivity contribution in [3.8, 4) is 11.3 Å². The molecule has 1 rings (SSSR count). The first-order chi connectivity index (χ1) is 4.86. The van der Waals surface area contributed by atoms with E-state index in [9.17, 15) is 0 Å². The maximum atomic E-state index is 8.24. The third-order valence-electron chi connectivity index (χ3n) is 0.861. The van der Waals surface area contributed by atoms with Crippen molar-refractivity contribution in [1.82, 2.24) is 9.36 Å². The second kappa shape index (κ2) is 3.13. The van der Waals surface area contributed by atoms with Crippen LogP contribution in [0.4, 0.5) is 0 Å². The number of ether oxygens (including phenoxy) is 1. The first-order valence-corrected chi connectivity index (χ1v) is 3.37. The van der Waals surface area contributed by atoms with Gasteiger partial charge >= 0.3 is 0 Å². The molecule has 0 amide bonds. The van der Waals surface area contributed by atoms with E-state index >= 15 is 0 Å². The summed E-state index contributed by atoms with van der Waals surface area (Å²) in [6.45, 7) is 0. The van der Waals surface area contributed by atoms with Gasteiger partial charge in [-0.1, -0.05) is 0 Å². The van der Waals surface area contributed by atoms with Crippen LogP contribution in [0, 0.1) is 11.3 Å². The highest BCUT2D eigenvalue weighted by molar-refractivity contribution is 7.07. The Morgan fingerprint density at radius 3 is 3.10 bits per heavy atom. The molecule has 52 valence electrons. The first kappa shape index (κ1) is 6.96. The number of hydrogen-bond acceptors (Lipinski definition) is 5. The lowest BCUT2D eigenvalue weighted by Crippen LogP contribution is -1.84. The molecule has 1 aromatic rings. The molecular weight excluding hydrogens is 150 g/mol. The fraction of sp³-hybridized carbons (Fsp3) is 0.400. The number of rotatable bonds is 2. The molecule has 0 saturated carbocycles. The van der Waals surface area contributed by atoms with Gasteiger partial charge in [-0.25, -0.2) is 0 Å². The first-order valence-electron chi connectivity index (χ1n) is 2.60. The van der Waals surface area contributed by atoms with Crippen LogP contribution in [0.1, 0.15) is 5.82 Å². The molecule has 0 N–H and O–H groups in total. The number of hydrogen-bond donors (Lipinski definition) is 0. The van der Waals surface area contributed by atoms with E-state index in [1.54, 1.807) is 0 Å². The SMILES string of the molecule is COc1nc(CC#N)ns1. The molecular formula is C5H5N3OS. The predicted octanol–water partition coefficient (Wildman–Crippen LogP) is 0.613. The molecule has 0 aromatic carbocycles. The van der Waals surface area contributed by atoms with Crippen LogP contribution >= 0.6 is 11.5 Å². The molecule has 4 nitrogen and oxygen atoms in total. The van der Waals surface area contributed by atoms with Gasteiger partial charge in [-0.3, -0.25) is 0 Å². The second-order valence-electron chi connectivity index (χ2n) is 1.52. The average Bonchev–Trinajstić information content (AvgIpc) is 2.37. The zero-order chi connectivity index (χ0) is 7.40. The minimum atomic E-state index is 0.250. The Morgan fingerprint density at radius 1 is 1.80 bits per heavy atom. The quantitative estimate of drug-likeness (QED) is 0.628. The van der Waals surface area contributed by atoms with Gasteiger partial charge in [-0.2, -0.15) is 14.6 Å². The monoisotopic (exact) mass is 155 g/mol. The van der Waals surface area contributed by atoms with Gasteiger partial charge in [-0.05, 0) is 0 Å². The van der Waals surface area contributed by atoms with Gasteiger partial charge in [0.05, 0.1) is 19.6 Å². The van der Waals surface area contributed by atoms with Crippen molar-refractivity contribution in [3.05, 3.63) is 5.82 Å². The largest absolute Gasteiger partial charge is 0.472 e. The van der Waals surface area contributed by atoms with E-state index in [4.69, 9.17) is 10.00 Å². The van der Waals surface area contributed by atoms with E-state index in [-0.39, 0.29) is 6.42 Å². The lowest BCUT2D eigenvalue weighted by molar-refractivity contribution is 0.411. The van der Waals surface area contributed by atoms with Gasteiger partial charge in [-0.15, -0.1) is 0 Å². The van der Waals surface area contributed by atoms with Crippen LogP contribution in [-0.2, 0) is 6.42 Å². The molecule has 0 unspecified atom stereocenters. The maximum Gasteiger partial charge on any atom is 0.292 e. The smallest absolute Gasteiger partial charge is 0.292 e. The fourth-order valence-electron chi connectivity index (χ4n) is 0.463. The molecule has 0 aliphatic heterocycles. The summed E-state index contributed by atoms with van der Waals surface area (Å²) >= 11 is 1.16. The normalized spacial score (nSPS) is 8.80. The minimum Gasteiger partial charge on any atom is -0.472 e. The third kappa shape index (κ3) is 1.42. The van der Waals surface area contributed by atoms with Gasteiger partial charge < -0.3 is 4.74 Å². The molecule has 0 radical (unpaired) electrons. The molecule has 5 heteroatoms. The summed E-state index contributed by atoms with van der Waals surface area (Å²) < 4.78 is 8.64. The summed E-state index contributed by atoms with van der Waals surface area (Å²) in [4.78, 5) is 3.88. The Hall–Kier alpha value is -1.15. The van der Waals surface area contributed by atoms with Gasteiger partial charge in [0, 0.05) is 11.5 Å². The second-order valence-corrected chi connectivity index (χ2v) is 2.23. The van der Waals surface area contributed by atoms with E-state index in [0.717, 1.165) is 11.5 Å². The molecule has 0 bridgehead atoms. The summed E-state index contributed by atoms with van der Waals surface area (Å²) in [7, 11) is 1.52. The molecule has 0 aliphatic rings. The van der Waals surface area contributed by atoms with E-state index < -0.39 is 0 Å². The van der Waals surface area contributed by atoms with Crippen molar-refractivity contribution in [3.63, 3.8) is 0 Å². The molecule has 0 fully saturated rings. The highest BCUT2D eigenvalue weighted by atomic mass is 32.1. The number of nitrogens with zero attached hydrogens (tertiary/aromatic N) is 3. The van der Waals surface area contributed by atoms with Crippen molar-refractivity contribution in [2.45, 2.75) is 6.42 Å². The standard InChI is InChI=1S/C5H5N3OS/c1-9-5-7-4(2-3-6)8-10-5/h2H2,1H3. The van der Waals surface area contributed by atoms with Crippen molar-refractivity contribution in [1.29, 1.82) is 5.26 Å². The predicted molar refractivity (Wildman–Crippen MR) is 35.8 cm³/mol. The Morgan fingerprint density at radius 2 is 2.60 bits per heavy atom. The summed E-state index contributed by atoms with van der Waals surface area (Å²) in [5.74, 6) is 0.532. The van der Waals surface area contributed by atoms with Gasteiger partial charge in [0.2, 0.25) is 0 Å². The molecule has 0 atom stereocenters. The van der Waals surface area contributed by atoms with Crippen LogP contribution in [0.3, 0.4) is 0 Å². The van der Waals surface area contributed by atoms with Crippen molar-refractivity contribution < 1.29 is 4.74 Å². The van der Waals surface area contributed by atoms with Crippen molar-refractivity contribution >= 4 is 11.5 Å². The lowest BCUT2D eigenvalue weighted by atomic mass is 10.5. The van der Waals surface area contributed by atoms with Gasteiger partial charge in [0.15, 0.2) is 5.82 Å². The highest BCUT2D eigenvalue weighted by Crippen LogP contribution is 2.12. The highest BCUT2D eigenvalue weighted by Gasteiger charge is 2.00. The van der Waals surface area contributed by atoms with Crippen LogP contribution in [0.2, 0.25) is 0 Å². The van der Waals surface area contributed by atoms with Crippen LogP contribution in [0.5, 0.6) is 5.19 Å². The van der Waals surface area contributed by atoms with Gasteiger partial charge in [0.1, 0.15) is 0 Å². The maximum absolute atomic E-state index is 8.24. The number of aromatic nitrogens is 2. The molecule has 0 aliphatic carbocycles. The summed E-state index contributed by atoms with van der Waals surface area (Å²) in [5.41, 5.74) is 0. The van der Waals surface area contributed by atoms with E-state index in [1.807, 2.05) is 6.07 Å². The van der Waals surface area contributed by atoms with Crippen LogP contribution in [0.15, 0.2) is 0 Å². The summed E-state index contributed by atoms with van der Waals surface area (Å²) in [6, 6.07) is 1.95.